The normalized spacial score (nSPS) is 18.3. The van der Waals surface area contributed by atoms with Crippen molar-refractivity contribution in [1.29, 1.82) is 0 Å². The third-order valence-electron chi connectivity index (χ3n) is 4.43. The second-order valence-electron chi connectivity index (χ2n) is 5.77. The molecule has 0 aliphatic heterocycles. The van der Waals surface area contributed by atoms with Gasteiger partial charge in [-0.15, -0.1) is 0 Å². The van der Waals surface area contributed by atoms with Gasteiger partial charge in [0.25, 0.3) is 0 Å². The first kappa shape index (κ1) is 14.4. The maximum atomic E-state index is 3.46. The minimum atomic E-state index is 0.444. The molecule has 1 saturated carbocycles. The summed E-state index contributed by atoms with van der Waals surface area (Å²) in [6.07, 6.45) is 6.91. The highest BCUT2D eigenvalue weighted by molar-refractivity contribution is 5.48. The van der Waals surface area contributed by atoms with Crippen LogP contribution < -0.4 is 10.2 Å². The average molecular weight is 260 g/mol. The summed E-state index contributed by atoms with van der Waals surface area (Å²) in [6.45, 7) is 5.40. The molecule has 0 aromatic heterocycles. The summed E-state index contributed by atoms with van der Waals surface area (Å²) in [5.74, 6) is 0. The molecule has 1 N–H and O–H groups in total. The van der Waals surface area contributed by atoms with Crippen molar-refractivity contribution < 1.29 is 0 Å². The van der Waals surface area contributed by atoms with Gasteiger partial charge in [-0.1, -0.05) is 38.3 Å². The first-order valence-corrected chi connectivity index (χ1v) is 7.78. The molecule has 1 unspecified atom stereocenters. The van der Waals surface area contributed by atoms with Gasteiger partial charge < -0.3 is 10.2 Å². The van der Waals surface area contributed by atoms with Gasteiger partial charge in [-0.3, -0.25) is 0 Å². The molecular weight excluding hydrogens is 232 g/mol. The SMILES string of the molecule is CCNC(C)c1ccc(N(C)C2CCCCC2)cc1. The summed E-state index contributed by atoms with van der Waals surface area (Å²) < 4.78 is 0. The van der Waals surface area contributed by atoms with Crippen molar-refractivity contribution in [3.05, 3.63) is 29.8 Å². The lowest BCUT2D eigenvalue weighted by Crippen LogP contribution is -2.33. The van der Waals surface area contributed by atoms with Gasteiger partial charge in [0.1, 0.15) is 0 Å². The molecule has 106 valence electrons. The molecule has 19 heavy (non-hydrogen) atoms. The highest BCUT2D eigenvalue weighted by atomic mass is 15.1. The maximum absolute atomic E-state index is 3.46. The van der Waals surface area contributed by atoms with Crippen molar-refractivity contribution in [2.75, 3.05) is 18.5 Å². The Labute approximate surface area is 118 Å². The van der Waals surface area contributed by atoms with Gasteiger partial charge >= 0.3 is 0 Å². The van der Waals surface area contributed by atoms with Crippen LogP contribution in [0.2, 0.25) is 0 Å². The second kappa shape index (κ2) is 6.95. The van der Waals surface area contributed by atoms with Crippen LogP contribution in [0.1, 0.15) is 57.6 Å². The highest BCUT2D eigenvalue weighted by Crippen LogP contribution is 2.26. The van der Waals surface area contributed by atoms with Crippen LogP contribution in [-0.4, -0.2) is 19.6 Å². The second-order valence-corrected chi connectivity index (χ2v) is 5.77. The van der Waals surface area contributed by atoms with Crippen molar-refractivity contribution >= 4 is 5.69 Å². The molecule has 1 aromatic rings. The number of hydrogen-bond donors (Lipinski definition) is 1. The van der Waals surface area contributed by atoms with Gasteiger partial charge in [0.2, 0.25) is 0 Å². The minimum absolute atomic E-state index is 0.444. The van der Waals surface area contributed by atoms with Crippen molar-refractivity contribution in [2.45, 2.75) is 58.0 Å². The molecule has 1 aromatic carbocycles. The zero-order valence-electron chi connectivity index (χ0n) is 12.7. The van der Waals surface area contributed by atoms with E-state index < -0.39 is 0 Å². The van der Waals surface area contributed by atoms with Crippen LogP contribution in [0.3, 0.4) is 0 Å². The van der Waals surface area contributed by atoms with Gasteiger partial charge in [0.05, 0.1) is 0 Å². The number of anilines is 1. The molecule has 0 saturated heterocycles. The van der Waals surface area contributed by atoms with Crippen molar-refractivity contribution in [3.8, 4) is 0 Å². The fourth-order valence-corrected chi connectivity index (χ4v) is 3.10. The van der Waals surface area contributed by atoms with E-state index in [2.05, 4.69) is 55.4 Å². The van der Waals surface area contributed by atoms with E-state index >= 15 is 0 Å². The van der Waals surface area contributed by atoms with E-state index in [0.717, 1.165) is 12.6 Å². The van der Waals surface area contributed by atoms with Crippen LogP contribution in [0.5, 0.6) is 0 Å². The summed E-state index contributed by atoms with van der Waals surface area (Å²) in [5.41, 5.74) is 2.74. The molecule has 1 atom stereocenters. The summed E-state index contributed by atoms with van der Waals surface area (Å²) in [5, 5.41) is 3.46. The Morgan fingerprint density at radius 3 is 2.37 bits per heavy atom. The zero-order valence-corrected chi connectivity index (χ0v) is 12.7. The van der Waals surface area contributed by atoms with E-state index in [1.807, 2.05) is 0 Å². The Hall–Kier alpha value is -1.02. The van der Waals surface area contributed by atoms with Crippen LogP contribution in [0.25, 0.3) is 0 Å². The van der Waals surface area contributed by atoms with Crippen molar-refractivity contribution in [2.24, 2.45) is 0 Å². The number of nitrogens with one attached hydrogen (secondary N) is 1. The molecule has 0 bridgehead atoms. The Balaban J connectivity index is 2.00. The van der Waals surface area contributed by atoms with Gasteiger partial charge in [0.15, 0.2) is 0 Å². The lowest BCUT2D eigenvalue weighted by atomic mass is 9.94. The molecule has 2 rings (SSSR count). The third kappa shape index (κ3) is 3.73. The first-order chi connectivity index (χ1) is 9.22. The molecule has 0 amide bonds. The fourth-order valence-electron chi connectivity index (χ4n) is 3.10. The lowest BCUT2D eigenvalue weighted by molar-refractivity contribution is 0.427. The molecule has 0 spiro atoms. The average Bonchev–Trinajstić information content (AvgIpc) is 2.48. The van der Waals surface area contributed by atoms with Crippen LogP contribution in [0.15, 0.2) is 24.3 Å². The van der Waals surface area contributed by atoms with Crippen LogP contribution >= 0.6 is 0 Å². The monoisotopic (exact) mass is 260 g/mol. The Bertz CT molecular complexity index is 365. The molecule has 2 heteroatoms. The van der Waals surface area contributed by atoms with Gasteiger partial charge in [-0.2, -0.15) is 0 Å². The van der Waals surface area contributed by atoms with Gasteiger partial charge in [-0.25, -0.2) is 0 Å². The Morgan fingerprint density at radius 1 is 1.16 bits per heavy atom. The smallest absolute Gasteiger partial charge is 0.0366 e. The van der Waals surface area contributed by atoms with Crippen molar-refractivity contribution in [1.82, 2.24) is 5.32 Å². The Morgan fingerprint density at radius 2 is 1.79 bits per heavy atom. The standard InChI is InChI=1S/C17H28N2/c1-4-18-14(2)15-10-12-17(13-11-15)19(3)16-8-6-5-7-9-16/h10-14,16,18H,4-9H2,1-3H3. The summed E-state index contributed by atoms with van der Waals surface area (Å²) >= 11 is 0. The summed E-state index contributed by atoms with van der Waals surface area (Å²) in [6, 6.07) is 10.3. The quantitative estimate of drug-likeness (QED) is 0.856. The molecule has 0 heterocycles. The zero-order chi connectivity index (χ0) is 13.7. The molecule has 1 aliphatic rings. The lowest BCUT2D eigenvalue weighted by Gasteiger charge is -2.33. The van der Waals surface area contributed by atoms with Crippen LogP contribution in [0, 0.1) is 0 Å². The molecule has 1 fully saturated rings. The van der Waals surface area contributed by atoms with E-state index in [0.29, 0.717) is 6.04 Å². The van der Waals surface area contributed by atoms with E-state index in [-0.39, 0.29) is 0 Å². The largest absolute Gasteiger partial charge is 0.372 e. The highest BCUT2D eigenvalue weighted by Gasteiger charge is 2.18. The number of benzene rings is 1. The molecular formula is C17H28N2. The predicted octanol–water partition coefficient (Wildman–Crippen LogP) is 4.13. The maximum Gasteiger partial charge on any atom is 0.0366 e. The number of nitrogens with zero attached hydrogens (tertiary/aromatic N) is 1. The summed E-state index contributed by atoms with van der Waals surface area (Å²) in [7, 11) is 2.25. The van der Waals surface area contributed by atoms with E-state index in [9.17, 15) is 0 Å². The number of hydrogen-bond acceptors (Lipinski definition) is 2. The molecule has 2 nitrogen and oxygen atoms in total. The topological polar surface area (TPSA) is 15.3 Å². The minimum Gasteiger partial charge on any atom is -0.372 e. The van der Waals surface area contributed by atoms with Crippen LogP contribution in [0.4, 0.5) is 5.69 Å². The van der Waals surface area contributed by atoms with Gasteiger partial charge in [0, 0.05) is 24.8 Å². The molecule has 1 aliphatic carbocycles. The van der Waals surface area contributed by atoms with Gasteiger partial charge in [-0.05, 0) is 44.0 Å². The predicted molar refractivity (Wildman–Crippen MR) is 83.8 cm³/mol. The first-order valence-electron chi connectivity index (χ1n) is 7.78. The van der Waals surface area contributed by atoms with E-state index in [4.69, 9.17) is 0 Å². The van der Waals surface area contributed by atoms with E-state index in [1.165, 1.54) is 43.4 Å². The van der Waals surface area contributed by atoms with Crippen molar-refractivity contribution in [3.63, 3.8) is 0 Å². The van der Waals surface area contributed by atoms with E-state index in [1.54, 1.807) is 0 Å². The fraction of sp³-hybridized carbons (Fsp3) is 0.647. The number of rotatable bonds is 5. The van der Waals surface area contributed by atoms with Crippen LogP contribution in [-0.2, 0) is 0 Å². The summed E-state index contributed by atoms with van der Waals surface area (Å²) in [4.78, 5) is 2.47. The third-order valence-corrected chi connectivity index (χ3v) is 4.43. The molecule has 0 radical (unpaired) electrons. The Kier molecular flexibility index (Phi) is 5.26.